The number of hydrogen-bond acceptors (Lipinski definition) is 5. The predicted molar refractivity (Wildman–Crippen MR) is 147 cm³/mol. The first-order valence-electron chi connectivity index (χ1n) is 13.1. The number of nitrogens with zero attached hydrogens (tertiary/aromatic N) is 2. The second-order valence-corrected chi connectivity index (χ2v) is 10.3. The highest BCUT2D eigenvalue weighted by molar-refractivity contribution is 5.93. The molecular formula is C31H32F3N3O2. The van der Waals surface area contributed by atoms with Crippen LogP contribution in [0.25, 0.3) is 10.9 Å². The lowest BCUT2D eigenvalue weighted by Gasteiger charge is -2.38. The van der Waals surface area contributed by atoms with E-state index in [-0.39, 0.29) is 12.4 Å². The molecule has 2 N–H and O–H groups in total. The molecule has 0 aliphatic carbocycles. The molecular weight excluding hydrogens is 503 g/mol. The molecule has 1 aliphatic heterocycles. The van der Waals surface area contributed by atoms with Crippen molar-refractivity contribution in [3.8, 4) is 5.75 Å². The Morgan fingerprint density at radius 3 is 2.44 bits per heavy atom. The first kappa shape index (κ1) is 27.0. The Hall–Kier alpha value is -3.62. The number of anilines is 2. The molecule has 0 amide bonds. The Labute approximate surface area is 226 Å². The van der Waals surface area contributed by atoms with E-state index in [2.05, 4.69) is 15.2 Å². The first-order chi connectivity index (χ1) is 18.7. The summed E-state index contributed by atoms with van der Waals surface area (Å²) in [7, 11) is 0. The summed E-state index contributed by atoms with van der Waals surface area (Å²) in [5, 5.41) is 15.0. The Kier molecular flexibility index (Phi) is 7.77. The van der Waals surface area contributed by atoms with Gasteiger partial charge in [-0.3, -0.25) is 9.88 Å². The molecule has 0 unspecified atom stereocenters. The minimum Gasteiger partial charge on any atom is -0.492 e. The highest BCUT2D eigenvalue weighted by Gasteiger charge is 2.33. The van der Waals surface area contributed by atoms with Crippen LogP contribution in [-0.4, -0.2) is 46.8 Å². The summed E-state index contributed by atoms with van der Waals surface area (Å²) >= 11 is 0. The van der Waals surface area contributed by atoms with Crippen LogP contribution in [-0.2, 0) is 12.6 Å². The van der Waals surface area contributed by atoms with Crippen LogP contribution in [0.3, 0.4) is 0 Å². The van der Waals surface area contributed by atoms with Gasteiger partial charge in [-0.15, -0.1) is 0 Å². The number of aliphatic hydroxyl groups is 1. The van der Waals surface area contributed by atoms with Crippen LogP contribution in [0.5, 0.6) is 5.75 Å². The van der Waals surface area contributed by atoms with Crippen molar-refractivity contribution in [1.29, 1.82) is 0 Å². The number of piperidine rings is 1. The number of ether oxygens (including phenoxy) is 1. The molecule has 5 rings (SSSR count). The number of para-hydroxylation sites is 1. The topological polar surface area (TPSA) is 57.6 Å². The van der Waals surface area contributed by atoms with Gasteiger partial charge < -0.3 is 15.2 Å². The average Bonchev–Trinajstić information content (AvgIpc) is 2.90. The van der Waals surface area contributed by atoms with Gasteiger partial charge in [0.05, 0.1) is 16.7 Å². The van der Waals surface area contributed by atoms with Gasteiger partial charge in [0, 0.05) is 54.6 Å². The second kappa shape index (κ2) is 11.2. The zero-order valence-corrected chi connectivity index (χ0v) is 21.8. The van der Waals surface area contributed by atoms with Crippen molar-refractivity contribution in [3.63, 3.8) is 0 Å². The van der Waals surface area contributed by atoms with Crippen molar-refractivity contribution < 1.29 is 23.0 Å². The van der Waals surface area contributed by atoms with E-state index in [9.17, 15) is 18.3 Å². The number of nitrogens with one attached hydrogen (secondary N) is 1. The maximum atomic E-state index is 13.7. The molecule has 1 saturated heterocycles. The monoisotopic (exact) mass is 535 g/mol. The zero-order chi connectivity index (χ0) is 27.5. The highest BCUT2D eigenvalue weighted by Crippen LogP contribution is 2.36. The van der Waals surface area contributed by atoms with Crippen LogP contribution in [0.2, 0.25) is 0 Å². The highest BCUT2D eigenvalue weighted by atomic mass is 19.4. The normalized spacial score (nSPS) is 15.8. The molecule has 1 fully saturated rings. The van der Waals surface area contributed by atoms with E-state index in [1.807, 2.05) is 67.6 Å². The summed E-state index contributed by atoms with van der Waals surface area (Å²) in [6.45, 7) is 4.07. The van der Waals surface area contributed by atoms with Gasteiger partial charge in [-0.1, -0.05) is 48.5 Å². The smallest absolute Gasteiger partial charge is 0.416 e. The van der Waals surface area contributed by atoms with Crippen molar-refractivity contribution in [2.75, 3.05) is 31.6 Å². The number of hydrogen-bond donors (Lipinski definition) is 2. The molecule has 0 atom stereocenters. The lowest BCUT2D eigenvalue weighted by Crippen LogP contribution is -2.46. The van der Waals surface area contributed by atoms with Crippen LogP contribution < -0.4 is 10.1 Å². The molecule has 3 aromatic carbocycles. The molecule has 0 spiro atoms. The van der Waals surface area contributed by atoms with Gasteiger partial charge in [-0.2, -0.15) is 13.2 Å². The number of alkyl halides is 3. The van der Waals surface area contributed by atoms with Gasteiger partial charge in [0.25, 0.3) is 0 Å². The van der Waals surface area contributed by atoms with Gasteiger partial charge in [-0.05, 0) is 49.6 Å². The van der Waals surface area contributed by atoms with Gasteiger partial charge in [-0.25, -0.2) is 0 Å². The van der Waals surface area contributed by atoms with E-state index in [1.165, 1.54) is 0 Å². The predicted octanol–water partition coefficient (Wildman–Crippen LogP) is 6.75. The van der Waals surface area contributed by atoms with Crippen LogP contribution in [0.4, 0.5) is 24.5 Å². The van der Waals surface area contributed by atoms with Gasteiger partial charge in [0.15, 0.2) is 0 Å². The summed E-state index contributed by atoms with van der Waals surface area (Å²) in [4.78, 5) is 6.68. The maximum absolute atomic E-state index is 13.7. The Morgan fingerprint density at radius 2 is 1.69 bits per heavy atom. The quantitative estimate of drug-likeness (QED) is 0.261. The summed E-state index contributed by atoms with van der Waals surface area (Å²) in [5.74, 6) is 0.153. The van der Waals surface area contributed by atoms with Crippen molar-refractivity contribution in [3.05, 3.63) is 95.7 Å². The zero-order valence-electron chi connectivity index (χ0n) is 21.8. The Bertz CT molecular complexity index is 1420. The molecule has 4 aromatic rings. The average molecular weight is 536 g/mol. The number of aryl methyl sites for hydroxylation is 1. The SMILES string of the molecule is Cc1cc(Nc2cc(OCCN3CCC(O)(Cc4ccccc4)CC3)cc(C(F)(F)F)c2)c2ccccc2n1. The van der Waals surface area contributed by atoms with Crippen molar-refractivity contribution >= 4 is 22.3 Å². The van der Waals surface area contributed by atoms with Crippen LogP contribution in [0.15, 0.2) is 78.9 Å². The number of fused-ring (bicyclic) bond motifs is 1. The summed E-state index contributed by atoms with van der Waals surface area (Å²) in [6, 6.07) is 23.0. The van der Waals surface area contributed by atoms with E-state index in [4.69, 9.17) is 4.74 Å². The molecule has 39 heavy (non-hydrogen) atoms. The van der Waals surface area contributed by atoms with E-state index in [1.54, 1.807) is 6.07 Å². The second-order valence-electron chi connectivity index (χ2n) is 10.3. The third kappa shape index (κ3) is 6.88. The van der Waals surface area contributed by atoms with E-state index in [0.29, 0.717) is 50.3 Å². The molecule has 0 bridgehead atoms. The molecule has 0 radical (unpaired) electrons. The van der Waals surface area contributed by atoms with Gasteiger partial charge >= 0.3 is 6.18 Å². The first-order valence-corrected chi connectivity index (χ1v) is 13.1. The molecule has 0 saturated carbocycles. The fourth-order valence-corrected chi connectivity index (χ4v) is 5.12. The Morgan fingerprint density at radius 1 is 0.974 bits per heavy atom. The standard InChI is InChI=1S/C31H32F3N3O2/c1-22-17-29(27-9-5-6-10-28(27)35-22)36-25-18-24(31(32,33)34)19-26(20-25)39-16-15-37-13-11-30(38,12-14-37)21-23-7-3-2-4-8-23/h2-10,17-20,38H,11-16,21H2,1H3,(H,35,36). The van der Waals surface area contributed by atoms with E-state index < -0.39 is 17.3 Å². The molecule has 8 heteroatoms. The van der Waals surface area contributed by atoms with Crippen molar-refractivity contribution in [1.82, 2.24) is 9.88 Å². The van der Waals surface area contributed by atoms with Crippen molar-refractivity contribution in [2.45, 2.75) is 38.0 Å². The number of aromatic nitrogens is 1. The number of halogens is 3. The lowest BCUT2D eigenvalue weighted by atomic mass is 9.85. The number of likely N-dealkylation sites (tertiary alicyclic amines) is 1. The molecule has 1 aliphatic rings. The number of rotatable bonds is 8. The number of pyridine rings is 1. The van der Waals surface area contributed by atoms with Crippen LogP contribution >= 0.6 is 0 Å². The lowest BCUT2D eigenvalue weighted by molar-refractivity contribution is -0.137. The molecule has 1 aromatic heterocycles. The van der Waals surface area contributed by atoms with Gasteiger partial charge in [0.1, 0.15) is 12.4 Å². The fraction of sp³-hybridized carbons (Fsp3) is 0.323. The minimum atomic E-state index is -4.51. The fourth-order valence-electron chi connectivity index (χ4n) is 5.12. The maximum Gasteiger partial charge on any atom is 0.416 e. The molecule has 204 valence electrons. The molecule has 2 heterocycles. The number of benzene rings is 3. The van der Waals surface area contributed by atoms with E-state index in [0.717, 1.165) is 34.3 Å². The minimum absolute atomic E-state index is 0.153. The van der Waals surface area contributed by atoms with Crippen LogP contribution in [0.1, 0.15) is 29.7 Å². The van der Waals surface area contributed by atoms with Gasteiger partial charge in [0.2, 0.25) is 0 Å². The molecule has 5 nitrogen and oxygen atoms in total. The van der Waals surface area contributed by atoms with Crippen molar-refractivity contribution in [2.24, 2.45) is 0 Å². The Balaban J connectivity index is 1.23. The van der Waals surface area contributed by atoms with Crippen LogP contribution in [0, 0.1) is 6.92 Å². The summed E-state index contributed by atoms with van der Waals surface area (Å²) < 4.78 is 47.0. The summed E-state index contributed by atoms with van der Waals surface area (Å²) in [6.07, 6.45) is -2.62. The van der Waals surface area contributed by atoms with E-state index >= 15 is 0 Å². The third-order valence-electron chi connectivity index (χ3n) is 7.20. The largest absolute Gasteiger partial charge is 0.492 e. The summed E-state index contributed by atoms with van der Waals surface area (Å²) in [5.41, 5.74) is 2.09. The third-order valence-corrected chi connectivity index (χ3v) is 7.20.